The summed E-state index contributed by atoms with van der Waals surface area (Å²) in [5.74, 6) is -0.240. The first kappa shape index (κ1) is 18.4. The van der Waals surface area contributed by atoms with Crippen molar-refractivity contribution in [2.45, 2.75) is 57.5 Å². The molecular weight excluding hydrogens is 264 g/mol. The molecule has 21 heavy (non-hydrogen) atoms. The average molecular weight is 298 g/mol. The van der Waals surface area contributed by atoms with Gasteiger partial charge < -0.3 is 20.9 Å². The Morgan fingerprint density at radius 1 is 1.52 bits per heavy atom. The fourth-order valence-electron chi connectivity index (χ4n) is 3.06. The zero-order valence-corrected chi connectivity index (χ0v) is 14.3. The number of carbonyl (C=O) groups is 1. The van der Waals surface area contributed by atoms with Gasteiger partial charge in [-0.2, -0.15) is 0 Å². The number of nitrogens with two attached hydrogens (primary N) is 1. The van der Waals surface area contributed by atoms with E-state index < -0.39 is 5.54 Å². The molecule has 124 valence electrons. The topological polar surface area (TPSA) is 61.6 Å². The van der Waals surface area contributed by atoms with Gasteiger partial charge >= 0.3 is 0 Å². The molecule has 0 aliphatic carbocycles. The lowest BCUT2D eigenvalue weighted by molar-refractivity contribution is -0.124. The zero-order valence-electron chi connectivity index (χ0n) is 14.3. The van der Waals surface area contributed by atoms with Gasteiger partial charge in [-0.05, 0) is 72.8 Å². The Balaban J connectivity index is 2.37. The molecule has 3 N–H and O–H groups in total. The van der Waals surface area contributed by atoms with Crippen LogP contribution in [0, 0.1) is 0 Å². The zero-order chi connectivity index (χ0) is 15.9. The number of amides is 1. The lowest BCUT2D eigenvalue weighted by atomic mass is 9.94. The number of nitrogens with one attached hydrogen (secondary N) is 1. The van der Waals surface area contributed by atoms with Crippen LogP contribution >= 0.6 is 0 Å². The van der Waals surface area contributed by atoms with Gasteiger partial charge in [0.25, 0.3) is 0 Å². The summed E-state index contributed by atoms with van der Waals surface area (Å²) >= 11 is 0. The van der Waals surface area contributed by atoms with E-state index in [1.54, 1.807) is 0 Å². The number of nitrogens with zero attached hydrogens (tertiary/aromatic N) is 2. The number of likely N-dealkylation sites (N-methyl/N-ethyl adjacent to an activating group) is 2. The van der Waals surface area contributed by atoms with E-state index in [4.69, 9.17) is 5.73 Å². The standard InChI is InChI=1S/C16H34N4O/c1-5-10-18-16(2,15(17)21)9-7-12-20(4)14-8-6-11-19(3)13-14/h14,18H,5-13H2,1-4H3,(H2,17,21). The highest BCUT2D eigenvalue weighted by molar-refractivity contribution is 5.84. The van der Waals surface area contributed by atoms with Gasteiger partial charge in [0.2, 0.25) is 5.91 Å². The van der Waals surface area contributed by atoms with E-state index in [-0.39, 0.29) is 5.91 Å². The van der Waals surface area contributed by atoms with Gasteiger partial charge in [-0.25, -0.2) is 0 Å². The highest BCUT2D eigenvalue weighted by Crippen LogP contribution is 2.16. The molecule has 2 atom stereocenters. The van der Waals surface area contributed by atoms with E-state index in [1.807, 2.05) is 6.92 Å². The summed E-state index contributed by atoms with van der Waals surface area (Å²) in [5, 5.41) is 3.30. The summed E-state index contributed by atoms with van der Waals surface area (Å²) in [5.41, 5.74) is 5.00. The molecule has 1 amide bonds. The fraction of sp³-hybridized carbons (Fsp3) is 0.938. The lowest BCUT2D eigenvalue weighted by Crippen LogP contribution is -2.53. The predicted octanol–water partition coefficient (Wildman–Crippen LogP) is 1.04. The third-order valence-electron chi connectivity index (χ3n) is 4.72. The number of primary amides is 1. The summed E-state index contributed by atoms with van der Waals surface area (Å²) in [7, 11) is 4.39. The predicted molar refractivity (Wildman–Crippen MR) is 88.3 cm³/mol. The van der Waals surface area contributed by atoms with E-state index in [2.05, 4.69) is 36.1 Å². The minimum Gasteiger partial charge on any atom is -0.368 e. The minimum absolute atomic E-state index is 0.240. The third kappa shape index (κ3) is 5.93. The number of likely N-dealkylation sites (tertiary alicyclic amines) is 1. The van der Waals surface area contributed by atoms with Gasteiger partial charge in [0.05, 0.1) is 5.54 Å². The highest BCUT2D eigenvalue weighted by atomic mass is 16.1. The number of piperidine rings is 1. The Morgan fingerprint density at radius 2 is 2.24 bits per heavy atom. The van der Waals surface area contributed by atoms with Crippen LogP contribution < -0.4 is 11.1 Å². The Morgan fingerprint density at radius 3 is 2.81 bits per heavy atom. The van der Waals surface area contributed by atoms with Crippen molar-refractivity contribution in [3.63, 3.8) is 0 Å². The van der Waals surface area contributed by atoms with Crippen molar-refractivity contribution >= 4 is 5.91 Å². The van der Waals surface area contributed by atoms with Crippen molar-refractivity contribution in [2.24, 2.45) is 5.73 Å². The number of hydrogen-bond donors (Lipinski definition) is 2. The maximum absolute atomic E-state index is 11.7. The summed E-state index contributed by atoms with van der Waals surface area (Å²) < 4.78 is 0. The molecule has 0 spiro atoms. The monoisotopic (exact) mass is 298 g/mol. The molecule has 1 fully saturated rings. The van der Waals surface area contributed by atoms with Gasteiger partial charge in [-0.3, -0.25) is 4.79 Å². The minimum atomic E-state index is -0.569. The van der Waals surface area contributed by atoms with Gasteiger partial charge in [-0.15, -0.1) is 0 Å². The average Bonchev–Trinajstić information content (AvgIpc) is 2.44. The van der Waals surface area contributed by atoms with Crippen molar-refractivity contribution in [1.29, 1.82) is 0 Å². The van der Waals surface area contributed by atoms with Crippen LogP contribution in [0.1, 0.15) is 46.0 Å². The van der Waals surface area contributed by atoms with E-state index in [1.165, 1.54) is 19.4 Å². The molecule has 0 aromatic rings. The Labute approximate surface area is 130 Å². The number of hydrogen-bond acceptors (Lipinski definition) is 4. The molecule has 1 rings (SSSR count). The Bertz CT molecular complexity index is 323. The molecule has 1 saturated heterocycles. The van der Waals surface area contributed by atoms with Crippen molar-refractivity contribution in [2.75, 3.05) is 40.3 Å². The Kier molecular flexibility index (Phi) is 7.63. The molecule has 1 aliphatic rings. The smallest absolute Gasteiger partial charge is 0.237 e. The van der Waals surface area contributed by atoms with E-state index in [0.29, 0.717) is 6.04 Å². The normalized spacial score (nSPS) is 23.2. The van der Waals surface area contributed by atoms with Crippen LogP contribution in [-0.2, 0) is 4.79 Å². The maximum atomic E-state index is 11.7. The molecule has 0 aromatic carbocycles. The largest absolute Gasteiger partial charge is 0.368 e. The first-order valence-corrected chi connectivity index (χ1v) is 8.32. The molecule has 0 bridgehead atoms. The summed E-state index contributed by atoms with van der Waals surface area (Å²) in [6.07, 6.45) is 5.36. The molecule has 0 radical (unpaired) electrons. The molecule has 0 saturated carbocycles. The second kappa shape index (κ2) is 8.71. The highest BCUT2D eigenvalue weighted by Gasteiger charge is 2.30. The molecule has 1 heterocycles. The van der Waals surface area contributed by atoms with E-state index in [0.717, 1.165) is 38.9 Å². The third-order valence-corrected chi connectivity index (χ3v) is 4.72. The second-order valence-corrected chi connectivity index (χ2v) is 6.77. The van der Waals surface area contributed by atoms with Crippen LogP contribution in [0.2, 0.25) is 0 Å². The molecule has 5 heteroatoms. The van der Waals surface area contributed by atoms with Crippen molar-refractivity contribution < 1.29 is 4.79 Å². The second-order valence-electron chi connectivity index (χ2n) is 6.77. The number of carbonyl (C=O) groups excluding carboxylic acids is 1. The molecule has 5 nitrogen and oxygen atoms in total. The van der Waals surface area contributed by atoms with Gasteiger partial charge in [0.15, 0.2) is 0 Å². The maximum Gasteiger partial charge on any atom is 0.237 e. The van der Waals surface area contributed by atoms with Gasteiger partial charge in [0.1, 0.15) is 0 Å². The van der Waals surface area contributed by atoms with Crippen LogP contribution in [-0.4, -0.2) is 67.6 Å². The number of rotatable bonds is 9. The fourth-order valence-corrected chi connectivity index (χ4v) is 3.06. The van der Waals surface area contributed by atoms with Gasteiger partial charge in [-0.1, -0.05) is 6.92 Å². The first-order chi connectivity index (χ1) is 9.89. The van der Waals surface area contributed by atoms with Crippen molar-refractivity contribution in [3.8, 4) is 0 Å². The van der Waals surface area contributed by atoms with E-state index in [9.17, 15) is 4.79 Å². The lowest BCUT2D eigenvalue weighted by Gasteiger charge is -2.36. The van der Waals surface area contributed by atoms with Crippen molar-refractivity contribution in [1.82, 2.24) is 15.1 Å². The van der Waals surface area contributed by atoms with Crippen LogP contribution in [0.4, 0.5) is 0 Å². The van der Waals surface area contributed by atoms with E-state index >= 15 is 0 Å². The van der Waals surface area contributed by atoms with Crippen LogP contribution in [0.5, 0.6) is 0 Å². The SMILES string of the molecule is CCCNC(C)(CCCN(C)C1CCCN(C)C1)C(N)=O. The molecule has 0 aromatic heterocycles. The summed E-state index contributed by atoms with van der Waals surface area (Å²) in [6.45, 7) is 8.25. The van der Waals surface area contributed by atoms with Crippen LogP contribution in [0.25, 0.3) is 0 Å². The summed E-state index contributed by atoms with van der Waals surface area (Å²) in [6, 6.07) is 0.646. The first-order valence-electron chi connectivity index (χ1n) is 8.32. The summed E-state index contributed by atoms with van der Waals surface area (Å²) in [4.78, 5) is 16.5. The van der Waals surface area contributed by atoms with Crippen LogP contribution in [0.15, 0.2) is 0 Å². The Hall–Kier alpha value is -0.650. The molecular formula is C16H34N4O. The molecule has 2 unspecified atom stereocenters. The molecule has 1 aliphatic heterocycles. The quantitative estimate of drug-likeness (QED) is 0.667. The van der Waals surface area contributed by atoms with Crippen molar-refractivity contribution in [3.05, 3.63) is 0 Å². The van der Waals surface area contributed by atoms with Gasteiger partial charge in [0, 0.05) is 12.6 Å². The van der Waals surface area contributed by atoms with Crippen LogP contribution in [0.3, 0.4) is 0 Å².